The summed E-state index contributed by atoms with van der Waals surface area (Å²) in [7, 11) is 3.42. The van der Waals surface area contributed by atoms with Crippen molar-refractivity contribution in [3.8, 4) is 5.75 Å². The average Bonchev–Trinajstić information content (AvgIpc) is 3.24. The van der Waals surface area contributed by atoms with E-state index in [9.17, 15) is 14.9 Å². The Hall–Kier alpha value is -3.44. The van der Waals surface area contributed by atoms with Crippen molar-refractivity contribution in [1.82, 2.24) is 25.0 Å². The molecule has 1 aromatic heterocycles. The molecule has 4 rings (SSSR count). The minimum absolute atomic E-state index is 0.0285. The Morgan fingerprint density at radius 2 is 2.06 bits per heavy atom. The molecular formula is C23H26N6O4S. The van der Waals surface area contributed by atoms with Gasteiger partial charge in [-0.3, -0.25) is 19.8 Å². The van der Waals surface area contributed by atoms with Gasteiger partial charge in [0.2, 0.25) is 0 Å². The smallest absolute Gasteiger partial charge is 0.284 e. The van der Waals surface area contributed by atoms with E-state index in [1.165, 1.54) is 18.0 Å². The molecule has 0 aliphatic carbocycles. The molecule has 0 unspecified atom stereocenters. The molecule has 1 aliphatic rings. The van der Waals surface area contributed by atoms with E-state index < -0.39 is 4.92 Å². The van der Waals surface area contributed by atoms with E-state index in [1.807, 2.05) is 18.2 Å². The normalized spacial score (nSPS) is 14.6. The van der Waals surface area contributed by atoms with Gasteiger partial charge >= 0.3 is 0 Å². The summed E-state index contributed by atoms with van der Waals surface area (Å²) in [5.74, 6) is 0.541. The molecule has 0 saturated carbocycles. The van der Waals surface area contributed by atoms with Crippen LogP contribution in [0.3, 0.4) is 0 Å². The molecule has 2 heterocycles. The Morgan fingerprint density at radius 1 is 1.26 bits per heavy atom. The third kappa shape index (κ3) is 5.72. The summed E-state index contributed by atoms with van der Waals surface area (Å²) in [6.45, 7) is 2.54. The average molecular weight is 483 g/mol. The van der Waals surface area contributed by atoms with Crippen LogP contribution in [0.25, 0.3) is 0 Å². The summed E-state index contributed by atoms with van der Waals surface area (Å²) < 4.78 is 6.97. The van der Waals surface area contributed by atoms with Crippen LogP contribution in [0.2, 0.25) is 0 Å². The molecule has 1 fully saturated rings. The van der Waals surface area contributed by atoms with Crippen LogP contribution in [-0.2, 0) is 13.6 Å². The van der Waals surface area contributed by atoms with Crippen molar-refractivity contribution in [2.45, 2.75) is 35.5 Å². The molecule has 11 heteroatoms. The monoisotopic (exact) mass is 482 g/mol. The van der Waals surface area contributed by atoms with Crippen LogP contribution in [-0.4, -0.2) is 56.7 Å². The maximum absolute atomic E-state index is 12.8. The number of rotatable bonds is 8. The Labute approximate surface area is 201 Å². The number of nitro groups is 1. The molecule has 10 nitrogen and oxygen atoms in total. The van der Waals surface area contributed by atoms with Crippen LogP contribution in [0.1, 0.15) is 28.8 Å². The van der Waals surface area contributed by atoms with Crippen molar-refractivity contribution in [3.63, 3.8) is 0 Å². The standard InChI is InChI=1S/C23H26N6O4S/c1-27-15-24-26-23(27)34-21-7-6-17(13-20(21)29(31)32)22(30)25-18-8-10-28(11-9-18)14-16-4-3-5-19(12-16)33-2/h3-7,12-13,15,18H,8-11,14H2,1-2H3,(H,25,30). The first-order chi connectivity index (χ1) is 16.4. The first-order valence-corrected chi connectivity index (χ1v) is 11.7. The molecule has 34 heavy (non-hydrogen) atoms. The molecule has 178 valence electrons. The number of aryl methyl sites for hydroxylation is 1. The Kier molecular flexibility index (Phi) is 7.43. The summed E-state index contributed by atoms with van der Waals surface area (Å²) in [5, 5.41) is 22.9. The van der Waals surface area contributed by atoms with E-state index in [2.05, 4.69) is 26.5 Å². The fraction of sp³-hybridized carbons (Fsp3) is 0.348. The molecule has 1 saturated heterocycles. The van der Waals surface area contributed by atoms with Crippen LogP contribution < -0.4 is 10.1 Å². The number of amides is 1. The highest BCUT2D eigenvalue weighted by Gasteiger charge is 2.24. The molecule has 1 aliphatic heterocycles. The number of ether oxygens (including phenoxy) is 1. The minimum atomic E-state index is -0.480. The second-order valence-electron chi connectivity index (χ2n) is 8.14. The number of piperidine rings is 1. The van der Waals surface area contributed by atoms with Gasteiger partial charge in [0.15, 0.2) is 5.16 Å². The largest absolute Gasteiger partial charge is 0.497 e. The fourth-order valence-corrected chi connectivity index (χ4v) is 4.73. The number of methoxy groups -OCH3 is 1. The molecule has 0 bridgehead atoms. The van der Waals surface area contributed by atoms with E-state index >= 15 is 0 Å². The second kappa shape index (κ2) is 10.7. The number of hydrogen-bond donors (Lipinski definition) is 1. The van der Waals surface area contributed by atoms with Crippen molar-refractivity contribution in [1.29, 1.82) is 0 Å². The highest BCUT2D eigenvalue weighted by atomic mass is 32.2. The number of benzene rings is 2. The lowest BCUT2D eigenvalue weighted by atomic mass is 10.0. The molecular weight excluding hydrogens is 456 g/mol. The van der Waals surface area contributed by atoms with Crippen LogP contribution in [0.4, 0.5) is 5.69 Å². The molecule has 0 spiro atoms. The van der Waals surface area contributed by atoms with Crippen molar-refractivity contribution < 1.29 is 14.5 Å². The molecule has 2 aromatic carbocycles. The molecule has 1 amide bonds. The number of aromatic nitrogens is 3. The van der Waals surface area contributed by atoms with E-state index in [1.54, 1.807) is 30.9 Å². The SMILES string of the molecule is COc1cccc(CN2CCC(NC(=O)c3ccc(Sc4nncn4C)c([N+](=O)[O-])c3)CC2)c1. The lowest BCUT2D eigenvalue weighted by Crippen LogP contribution is -2.44. The van der Waals surface area contributed by atoms with Crippen LogP contribution in [0.15, 0.2) is 58.8 Å². The minimum Gasteiger partial charge on any atom is -0.497 e. The third-order valence-electron chi connectivity index (χ3n) is 5.75. The van der Waals surface area contributed by atoms with E-state index in [0.29, 0.717) is 10.1 Å². The Balaban J connectivity index is 1.35. The lowest BCUT2D eigenvalue weighted by molar-refractivity contribution is -0.387. The van der Waals surface area contributed by atoms with Gasteiger partial charge in [-0.05, 0) is 54.4 Å². The number of nitrogens with zero attached hydrogens (tertiary/aromatic N) is 5. The quantitative estimate of drug-likeness (QED) is 0.384. The van der Waals surface area contributed by atoms with Gasteiger partial charge in [-0.2, -0.15) is 0 Å². The van der Waals surface area contributed by atoms with Gasteiger partial charge < -0.3 is 14.6 Å². The number of hydrogen-bond acceptors (Lipinski definition) is 8. The summed E-state index contributed by atoms with van der Waals surface area (Å²) in [4.78, 5) is 26.7. The number of nitrogens with one attached hydrogen (secondary N) is 1. The predicted octanol–water partition coefficient (Wildman–Crippen LogP) is 3.28. The fourth-order valence-electron chi connectivity index (χ4n) is 3.88. The molecule has 3 aromatic rings. The lowest BCUT2D eigenvalue weighted by Gasteiger charge is -2.32. The van der Waals surface area contributed by atoms with Gasteiger partial charge in [0.25, 0.3) is 11.6 Å². The number of likely N-dealkylation sites (tertiary alicyclic amines) is 1. The Morgan fingerprint density at radius 3 is 2.74 bits per heavy atom. The topological polar surface area (TPSA) is 115 Å². The van der Waals surface area contributed by atoms with Crippen molar-refractivity contribution in [3.05, 3.63) is 70.0 Å². The van der Waals surface area contributed by atoms with Gasteiger partial charge in [0, 0.05) is 44.4 Å². The van der Waals surface area contributed by atoms with Crippen LogP contribution in [0.5, 0.6) is 5.75 Å². The zero-order valence-electron chi connectivity index (χ0n) is 19.0. The van der Waals surface area contributed by atoms with Gasteiger partial charge in [0.05, 0.1) is 16.9 Å². The van der Waals surface area contributed by atoms with Crippen molar-refractivity contribution >= 4 is 23.4 Å². The first-order valence-electron chi connectivity index (χ1n) is 10.9. The van der Waals surface area contributed by atoms with Crippen LogP contribution in [0, 0.1) is 10.1 Å². The summed E-state index contributed by atoms with van der Waals surface area (Å²) in [6.07, 6.45) is 3.16. The number of nitro benzene ring substituents is 1. The highest BCUT2D eigenvalue weighted by Crippen LogP contribution is 2.34. The summed E-state index contributed by atoms with van der Waals surface area (Å²) >= 11 is 1.14. The van der Waals surface area contributed by atoms with E-state index in [0.717, 1.165) is 50.0 Å². The van der Waals surface area contributed by atoms with E-state index in [-0.39, 0.29) is 23.2 Å². The van der Waals surface area contributed by atoms with Crippen molar-refractivity contribution in [2.24, 2.45) is 7.05 Å². The molecule has 1 N–H and O–H groups in total. The predicted molar refractivity (Wildman–Crippen MR) is 127 cm³/mol. The van der Waals surface area contributed by atoms with Gasteiger partial charge in [-0.25, -0.2) is 0 Å². The summed E-state index contributed by atoms with van der Waals surface area (Å²) in [5.41, 5.74) is 1.33. The maximum Gasteiger partial charge on any atom is 0.284 e. The van der Waals surface area contributed by atoms with Gasteiger partial charge in [-0.15, -0.1) is 10.2 Å². The second-order valence-corrected chi connectivity index (χ2v) is 9.15. The zero-order valence-corrected chi connectivity index (χ0v) is 19.8. The van der Waals surface area contributed by atoms with Crippen molar-refractivity contribution in [2.75, 3.05) is 20.2 Å². The molecule has 0 radical (unpaired) electrons. The molecule has 0 atom stereocenters. The van der Waals surface area contributed by atoms with Gasteiger partial charge in [-0.1, -0.05) is 12.1 Å². The van der Waals surface area contributed by atoms with Gasteiger partial charge in [0.1, 0.15) is 12.1 Å². The highest BCUT2D eigenvalue weighted by molar-refractivity contribution is 7.99. The first kappa shape index (κ1) is 23.7. The van der Waals surface area contributed by atoms with Crippen LogP contribution >= 0.6 is 11.8 Å². The zero-order chi connectivity index (χ0) is 24.1. The summed E-state index contributed by atoms with van der Waals surface area (Å²) in [6, 6.07) is 12.6. The Bertz CT molecular complexity index is 1180. The third-order valence-corrected chi connectivity index (χ3v) is 6.87. The number of carbonyl (C=O) groups is 1. The van der Waals surface area contributed by atoms with E-state index in [4.69, 9.17) is 4.74 Å². The number of carbonyl (C=O) groups excluding carboxylic acids is 1. The maximum atomic E-state index is 12.8.